The fraction of sp³-hybridized carbons (Fsp3) is 0.333. The lowest BCUT2D eigenvalue weighted by molar-refractivity contribution is 0.0956. The standard InChI is InChI=1S/C21H23N5O.2ClH/c22-21(15-5-2-1-3-6-15)9-12-25(13-10-21)20-24-17-8-4-7-16-18(17)26(20)14-11-23-19(16)27;;/h1-8H,9-14,22H2,(H,23,27);2*1H. The number of nitrogens with two attached hydrogens (primary N) is 1. The molecule has 3 N–H and O–H groups in total. The number of rotatable bonds is 2. The summed E-state index contributed by atoms with van der Waals surface area (Å²) in [5, 5.41) is 2.98. The second-order valence-electron chi connectivity index (χ2n) is 7.50. The van der Waals surface area contributed by atoms with Gasteiger partial charge in [-0.15, -0.1) is 24.8 Å². The quantitative estimate of drug-likeness (QED) is 0.650. The van der Waals surface area contributed by atoms with E-state index in [1.165, 1.54) is 5.56 Å². The number of hydrogen-bond donors (Lipinski definition) is 2. The van der Waals surface area contributed by atoms with E-state index in [0.717, 1.165) is 49.5 Å². The van der Waals surface area contributed by atoms with Gasteiger partial charge in [0.15, 0.2) is 0 Å². The van der Waals surface area contributed by atoms with Crippen molar-refractivity contribution in [3.8, 4) is 0 Å². The number of piperidine rings is 1. The number of nitrogens with one attached hydrogen (secondary N) is 1. The summed E-state index contributed by atoms with van der Waals surface area (Å²) < 4.78 is 2.19. The summed E-state index contributed by atoms with van der Waals surface area (Å²) in [4.78, 5) is 19.5. The number of imidazole rings is 1. The summed E-state index contributed by atoms with van der Waals surface area (Å²) in [5.74, 6) is 0.929. The van der Waals surface area contributed by atoms with Gasteiger partial charge in [-0.2, -0.15) is 0 Å². The molecule has 3 heterocycles. The smallest absolute Gasteiger partial charge is 0.253 e. The van der Waals surface area contributed by atoms with Gasteiger partial charge in [-0.1, -0.05) is 36.4 Å². The van der Waals surface area contributed by atoms with Crippen molar-refractivity contribution in [2.75, 3.05) is 24.5 Å². The first-order valence-electron chi connectivity index (χ1n) is 9.52. The van der Waals surface area contributed by atoms with Crippen LogP contribution >= 0.6 is 24.8 Å². The Labute approximate surface area is 182 Å². The first kappa shape index (κ1) is 21.4. The number of para-hydroxylation sites is 1. The van der Waals surface area contributed by atoms with Crippen molar-refractivity contribution < 1.29 is 4.79 Å². The Morgan fingerprint density at radius 3 is 2.41 bits per heavy atom. The molecule has 0 saturated carbocycles. The van der Waals surface area contributed by atoms with E-state index < -0.39 is 0 Å². The van der Waals surface area contributed by atoms with Crippen LogP contribution in [0.2, 0.25) is 0 Å². The van der Waals surface area contributed by atoms with Crippen LogP contribution in [0, 0.1) is 0 Å². The number of aromatic nitrogens is 2. The number of halogens is 2. The molecule has 0 radical (unpaired) electrons. The van der Waals surface area contributed by atoms with Crippen LogP contribution in [0.1, 0.15) is 28.8 Å². The highest BCUT2D eigenvalue weighted by Gasteiger charge is 2.34. The molecule has 154 valence electrons. The average Bonchev–Trinajstić information content (AvgIpc) is 2.98. The van der Waals surface area contributed by atoms with Crippen molar-refractivity contribution in [3.05, 3.63) is 59.7 Å². The molecular weight excluding hydrogens is 409 g/mol. The molecule has 5 rings (SSSR count). The number of anilines is 1. The van der Waals surface area contributed by atoms with E-state index in [2.05, 4.69) is 39.0 Å². The zero-order valence-electron chi connectivity index (χ0n) is 16.0. The third kappa shape index (κ3) is 3.56. The second-order valence-corrected chi connectivity index (χ2v) is 7.50. The predicted molar refractivity (Wildman–Crippen MR) is 120 cm³/mol. The molecule has 1 saturated heterocycles. The fourth-order valence-electron chi connectivity index (χ4n) is 4.35. The van der Waals surface area contributed by atoms with Crippen LogP contribution in [0.25, 0.3) is 11.0 Å². The molecule has 1 amide bonds. The highest BCUT2D eigenvalue weighted by molar-refractivity contribution is 6.06. The Morgan fingerprint density at radius 1 is 0.966 bits per heavy atom. The maximum absolute atomic E-state index is 12.3. The SMILES string of the molecule is Cl.Cl.NC1(c2ccccc2)CCN(c2nc3cccc4c3n2CCNC4=O)CC1. The van der Waals surface area contributed by atoms with Gasteiger partial charge in [-0.25, -0.2) is 4.98 Å². The third-order valence-electron chi connectivity index (χ3n) is 5.90. The van der Waals surface area contributed by atoms with E-state index in [1.54, 1.807) is 0 Å². The number of hydrogen-bond acceptors (Lipinski definition) is 4. The molecule has 2 aliphatic heterocycles. The van der Waals surface area contributed by atoms with E-state index in [4.69, 9.17) is 10.7 Å². The molecule has 1 aromatic heterocycles. The molecule has 2 aromatic carbocycles. The van der Waals surface area contributed by atoms with Gasteiger partial charge in [0.05, 0.1) is 16.6 Å². The van der Waals surface area contributed by atoms with E-state index in [-0.39, 0.29) is 36.3 Å². The fourth-order valence-corrected chi connectivity index (χ4v) is 4.35. The van der Waals surface area contributed by atoms with Crippen LogP contribution < -0.4 is 16.0 Å². The lowest BCUT2D eigenvalue weighted by Crippen LogP contribution is -2.48. The van der Waals surface area contributed by atoms with Crippen LogP contribution in [-0.2, 0) is 12.1 Å². The van der Waals surface area contributed by atoms with Crippen molar-refractivity contribution in [1.82, 2.24) is 14.9 Å². The minimum atomic E-state index is -0.286. The van der Waals surface area contributed by atoms with Gasteiger partial charge in [0.1, 0.15) is 0 Å². The van der Waals surface area contributed by atoms with Crippen molar-refractivity contribution >= 4 is 47.7 Å². The molecule has 2 aliphatic rings. The summed E-state index contributed by atoms with van der Waals surface area (Å²) in [6.07, 6.45) is 1.76. The average molecular weight is 434 g/mol. The van der Waals surface area contributed by atoms with Crippen molar-refractivity contribution in [1.29, 1.82) is 0 Å². The molecule has 1 fully saturated rings. The number of benzene rings is 2. The summed E-state index contributed by atoms with van der Waals surface area (Å²) in [6.45, 7) is 3.05. The van der Waals surface area contributed by atoms with Crippen LogP contribution in [0.4, 0.5) is 5.95 Å². The zero-order valence-corrected chi connectivity index (χ0v) is 17.6. The Hall–Kier alpha value is -2.28. The van der Waals surface area contributed by atoms with E-state index in [0.29, 0.717) is 12.1 Å². The normalized spacial score (nSPS) is 17.7. The van der Waals surface area contributed by atoms with Gasteiger partial charge in [-0.05, 0) is 30.5 Å². The van der Waals surface area contributed by atoms with E-state index >= 15 is 0 Å². The Balaban J connectivity index is 0.00000120. The van der Waals surface area contributed by atoms with Crippen molar-refractivity contribution in [2.45, 2.75) is 24.9 Å². The number of carbonyl (C=O) groups is 1. The van der Waals surface area contributed by atoms with Gasteiger partial charge in [0.2, 0.25) is 5.95 Å². The molecule has 0 atom stereocenters. The first-order valence-corrected chi connectivity index (χ1v) is 9.52. The molecule has 3 aromatic rings. The number of nitrogens with zero attached hydrogens (tertiary/aromatic N) is 3. The summed E-state index contributed by atoms with van der Waals surface area (Å²) in [5.41, 5.74) is 10.2. The third-order valence-corrected chi connectivity index (χ3v) is 5.90. The van der Waals surface area contributed by atoms with E-state index in [9.17, 15) is 4.79 Å². The molecule has 6 nitrogen and oxygen atoms in total. The van der Waals surface area contributed by atoms with E-state index in [1.807, 2.05) is 24.3 Å². The molecule has 8 heteroatoms. The van der Waals surface area contributed by atoms with Crippen LogP contribution in [0.15, 0.2) is 48.5 Å². The zero-order chi connectivity index (χ0) is 18.4. The molecule has 0 bridgehead atoms. The molecule has 0 spiro atoms. The van der Waals surface area contributed by atoms with Gasteiger partial charge in [0.25, 0.3) is 5.91 Å². The Bertz CT molecular complexity index is 1010. The van der Waals surface area contributed by atoms with Crippen molar-refractivity contribution in [3.63, 3.8) is 0 Å². The van der Waals surface area contributed by atoms with Crippen LogP contribution in [-0.4, -0.2) is 35.1 Å². The highest BCUT2D eigenvalue weighted by Crippen LogP contribution is 2.34. The number of carbonyl (C=O) groups excluding carboxylic acids is 1. The number of amides is 1. The van der Waals surface area contributed by atoms with Crippen LogP contribution in [0.3, 0.4) is 0 Å². The predicted octanol–water partition coefficient (Wildman–Crippen LogP) is 3.08. The van der Waals surface area contributed by atoms with Gasteiger partial charge >= 0.3 is 0 Å². The Morgan fingerprint density at radius 2 is 1.69 bits per heavy atom. The maximum atomic E-state index is 12.3. The van der Waals surface area contributed by atoms with Gasteiger partial charge in [0, 0.05) is 31.7 Å². The summed E-state index contributed by atoms with van der Waals surface area (Å²) >= 11 is 0. The van der Waals surface area contributed by atoms with Gasteiger partial charge in [-0.3, -0.25) is 4.79 Å². The summed E-state index contributed by atoms with van der Waals surface area (Å²) in [6, 6.07) is 16.1. The molecule has 29 heavy (non-hydrogen) atoms. The van der Waals surface area contributed by atoms with Crippen molar-refractivity contribution in [2.24, 2.45) is 5.73 Å². The first-order chi connectivity index (χ1) is 13.2. The summed E-state index contributed by atoms with van der Waals surface area (Å²) in [7, 11) is 0. The molecule has 0 unspecified atom stereocenters. The topological polar surface area (TPSA) is 76.2 Å². The molecule has 0 aliphatic carbocycles. The monoisotopic (exact) mass is 433 g/mol. The van der Waals surface area contributed by atoms with Gasteiger partial charge < -0.3 is 20.5 Å². The Kier molecular flexibility index (Phi) is 6.08. The lowest BCUT2D eigenvalue weighted by atomic mass is 9.82. The maximum Gasteiger partial charge on any atom is 0.253 e. The second kappa shape index (κ2) is 8.22. The lowest BCUT2D eigenvalue weighted by Gasteiger charge is -2.40. The highest BCUT2D eigenvalue weighted by atomic mass is 35.5. The minimum absolute atomic E-state index is 0. The van der Waals surface area contributed by atoms with Crippen LogP contribution in [0.5, 0.6) is 0 Å². The minimum Gasteiger partial charge on any atom is -0.350 e. The molecular formula is C21H25Cl2N5O. The largest absolute Gasteiger partial charge is 0.350 e.